The standard InChI is InChI=1S/C24H27BrN2O4/c1-15(2)31-19-11-7-16(8-12-19)21-20(22(28)17-5-9-18(25)10-6-17)23(29)24(30)27(21)14-13-26(3)4/h5-12,15,21,28H,13-14H2,1-4H3/b22-20+/t21-/m1/s1. The van der Waals surface area contributed by atoms with Crippen LogP contribution in [0.1, 0.15) is 31.0 Å². The summed E-state index contributed by atoms with van der Waals surface area (Å²) in [6.45, 7) is 4.85. The Morgan fingerprint density at radius 2 is 1.71 bits per heavy atom. The molecule has 1 saturated heterocycles. The summed E-state index contributed by atoms with van der Waals surface area (Å²) in [4.78, 5) is 29.4. The molecule has 1 aliphatic heterocycles. The minimum atomic E-state index is -0.674. The molecule has 1 fully saturated rings. The molecular weight excluding hydrogens is 460 g/mol. The van der Waals surface area contributed by atoms with E-state index < -0.39 is 17.7 Å². The summed E-state index contributed by atoms with van der Waals surface area (Å²) in [5.41, 5.74) is 1.33. The number of likely N-dealkylation sites (N-methyl/N-ethyl adjacent to an activating group) is 1. The molecule has 1 aliphatic rings. The van der Waals surface area contributed by atoms with Crippen molar-refractivity contribution >= 4 is 33.4 Å². The number of carbonyl (C=O) groups excluding carboxylic acids is 2. The molecule has 0 bridgehead atoms. The largest absolute Gasteiger partial charge is 0.507 e. The van der Waals surface area contributed by atoms with Crippen molar-refractivity contribution in [3.05, 3.63) is 69.7 Å². The molecule has 1 amide bonds. The summed E-state index contributed by atoms with van der Waals surface area (Å²) in [5, 5.41) is 11.0. The number of aliphatic hydroxyl groups excluding tert-OH is 1. The number of ether oxygens (including phenoxy) is 1. The molecule has 2 aromatic carbocycles. The van der Waals surface area contributed by atoms with E-state index in [0.29, 0.717) is 24.4 Å². The molecule has 0 spiro atoms. The predicted octanol–water partition coefficient (Wildman–Crippen LogP) is 4.22. The number of likely N-dealkylation sites (tertiary alicyclic amines) is 1. The zero-order valence-corrected chi connectivity index (χ0v) is 19.7. The number of aliphatic hydroxyl groups is 1. The molecule has 1 N–H and O–H groups in total. The van der Waals surface area contributed by atoms with Gasteiger partial charge in [-0.3, -0.25) is 9.59 Å². The van der Waals surface area contributed by atoms with E-state index in [0.717, 1.165) is 10.0 Å². The second kappa shape index (κ2) is 9.66. The first kappa shape index (κ1) is 23.0. The normalized spacial score (nSPS) is 18.3. The summed E-state index contributed by atoms with van der Waals surface area (Å²) in [7, 11) is 3.82. The maximum absolute atomic E-state index is 13.0. The third-order valence-corrected chi connectivity index (χ3v) is 5.54. The number of ketones is 1. The van der Waals surface area contributed by atoms with Gasteiger partial charge in [-0.25, -0.2) is 0 Å². The van der Waals surface area contributed by atoms with Crippen LogP contribution in [0.4, 0.5) is 0 Å². The van der Waals surface area contributed by atoms with Gasteiger partial charge in [-0.15, -0.1) is 0 Å². The molecule has 0 radical (unpaired) electrons. The Balaban J connectivity index is 2.08. The lowest BCUT2D eigenvalue weighted by Crippen LogP contribution is -2.35. The lowest BCUT2D eigenvalue weighted by atomic mass is 9.95. The van der Waals surface area contributed by atoms with Gasteiger partial charge in [0.1, 0.15) is 11.5 Å². The number of amides is 1. The van der Waals surface area contributed by atoms with Crippen LogP contribution in [0.25, 0.3) is 5.76 Å². The molecule has 31 heavy (non-hydrogen) atoms. The first-order chi connectivity index (χ1) is 14.7. The van der Waals surface area contributed by atoms with E-state index in [-0.39, 0.29) is 17.4 Å². The molecule has 0 saturated carbocycles. The first-order valence-electron chi connectivity index (χ1n) is 10.1. The fraction of sp³-hybridized carbons (Fsp3) is 0.333. The van der Waals surface area contributed by atoms with Gasteiger partial charge in [-0.2, -0.15) is 0 Å². The van der Waals surface area contributed by atoms with Crippen LogP contribution in [0.3, 0.4) is 0 Å². The minimum absolute atomic E-state index is 0.0361. The highest BCUT2D eigenvalue weighted by Gasteiger charge is 2.45. The third kappa shape index (κ3) is 5.17. The summed E-state index contributed by atoms with van der Waals surface area (Å²) < 4.78 is 6.57. The molecule has 0 aromatic heterocycles. The third-order valence-electron chi connectivity index (χ3n) is 5.01. The maximum atomic E-state index is 13.0. The number of rotatable bonds is 7. The Kier molecular flexibility index (Phi) is 7.18. The summed E-state index contributed by atoms with van der Waals surface area (Å²) in [5.74, 6) is -0.748. The van der Waals surface area contributed by atoms with Crippen molar-refractivity contribution in [2.24, 2.45) is 0 Å². The summed E-state index contributed by atoms with van der Waals surface area (Å²) >= 11 is 3.37. The van der Waals surface area contributed by atoms with Crippen molar-refractivity contribution in [3.8, 4) is 5.75 Å². The smallest absolute Gasteiger partial charge is 0.295 e. The molecule has 0 aliphatic carbocycles. The SMILES string of the molecule is CC(C)Oc1ccc([C@@H]2/C(=C(\O)c3ccc(Br)cc3)C(=O)C(=O)N2CCN(C)C)cc1. The van der Waals surface area contributed by atoms with Crippen LogP contribution in [-0.2, 0) is 9.59 Å². The maximum Gasteiger partial charge on any atom is 0.295 e. The van der Waals surface area contributed by atoms with Crippen LogP contribution in [0.2, 0.25) is 0 Å². The van der Waals surface area contributed by atoms with E-state index in [4.69, 9.17) is 4.74 Å². The molecule has 7 heteroatoms. The lowest BCUT2D eigenvalue weighted by Gasteiger charge is -2.26. The molecular formula is C24H27BrN2O4. The van der Waals surface area contributed by atoms with Crippen molar-refractivity contribution in [1.29, 1.82) is 0 Å². The van der Waals surface area contributed by atoms with E-state index in [9.17, 15) is 14.7 Å². The monoisotopic (exact) mass is 486 g/mol. The van der Waals surface area contributed by atoms with Crippen molar-refractivity contribution in [2.45, 2.75) is 26.0 Å². The average Bonchev–Trinajstić information content (AvgIpc) is 2.97. The van der Waals surface area contributed by atoms with E-state index in [2.05, 4.69) is 15.9 Å². The Morgan fingerprint density at radius 3 is 2.26 bits per heavy atom. The topological polar surface area (TPSA) is 70.1 Å². The molecule has 164 valence electrons. The van der Waals surface area contributed by atoms with E-state index in [1.165, 1.54) is 4.90 Å². The van der Waals surface area contributed by atoms with Gasteiger partial charge in [-0.1, -0.05) is 40.2 Å². The number of hydrogen-bond acceptors (Lipinski definition) is 5. The van der Waals surface area contributed by atoms with E-state index in [1.54, 1.807) is 24.3 Å². The van der Waals surface area contributed by atoms with Crippen LogP contribution in [0.15, 0.2) is 58.6 Å². The van der Waals surface area contributed by atoms with Crippen LogP contribution in [0.5, 0.6) is 5.75 Å². The van der Waals surface area contributed by atoms with Gasteiger partial charge in [0.05, 0.1) is 17.7 Å². The van der Waals surface area contributed by atoms with Crippen molar-refractivity contribution < 1.29 is 19.4 Å². The Bertz CT molecular complexity index is 982. The number of halogens is 1. The minimum Gasteiger partial charge on any atom is -0.507 e. The highest BCUT2D eigenvalue weighted by molar-refractivity contribution is 9.10. The fourth-order valence-corrected chi connectivity index (χ4v) is 3.79. The fourth-order valence-electron chi connectivity index (χ4n) is 3.53. The number of carbonyl (C=O) groups is 2. The molecule has 0 unspecified atom stereocenters. The number of Topliss-reactive ketones (excluding diaryl/α,β-unsaturated/α-hetero) is 1. The zero-order valence-electron chi connectivity index (χ0n) is 18.1. The average molecular weight is 487 g/mol. The van der Waals surface area contributed by atoms with Crippen molar-refractivity contribution in [2.75, 3.05) is 27.2 Å². The van der Waals surface area contributed by atoms with Gasteiger partial charge in [0.15, 0.2) is 0 Å². The van der Waals surface area contributed by atoms with Crippen LogP contribution in [-0.4, -0.2) is 59.9 Å². The Labute approximate surface area is 191 Å². The van der Waals surface area contributed by atoms with Crippen molar-refractivity contribution in [1.82, 2.24) is 9.80 Å². The van der Waals surface area contributed by atoms with Crippen molar-refractivity contribution in [3.63, 3.8) is 0 Å². The predicted molar refractivity (Wildman–Crippen MR) is 124 cm³/mol. The molecule has 1 heterocycles. The lowest BCUT2D eigenvalue weighted by molar-refractivity contribution is -0.140. The molecule has 6 nitrogen and oxygen atoms in total. The summed E-state index contributed by atoms with van der Waals surface area (Å²) in [6.07, 6.45) is 0.0361. The molecule has 2 aromatic rings. The highest BCUT2D eigenvalue weighted by Crippen LogP contribution is 2.39. The van der Waals surface area contributed by atoms with Gasteiger partial charge in [0.25, 0.3) is 11.7 Å². The highest BCUT2D eigenvalue weighted by atomic mass is 79.9. The van der Waals surface area contributed by atoms with Gasteiger partial charge in [-0.05, 0) is 57.8 Å². The van der Waals surface area contributed by atoms with Crippen LogP contribution in [0, 0.1) is 0 Å². The molecule has 1 atom stereocenters. The zero-order chi connectivity index (χ0) is 22.7. The summed E-state index contributed by atoms with van der Waals surface area (Å²) in [6, 6.07) is 13.6. The Morgan fingerprint density at radius 1 is 1.10 bits per heavy atom. The Hall–Kier alpha value is -2.64. The number of nitrogens with zero attached hydrogens (tertiary/aromatic N) is 2. The van der Waals surface area contributed by atoms with Gasteiger partial charge < -0.3 is 19.6 Å². The second-order valence-electron chi connectivity index (χ2n) is 8.04. The first-order valence-corrected chi connectivity index (χ1v) is 10.9. The second-order valence-corrected chi connectivity index (χ2v) is 8.95. The van der Waals surface area contributed by atoms with E-state index in [1.807, 2.05) is 57.1 Å². The number of hydrogen-bond donors (Lipinski definition) is 1. The molecule has 3 rings (SSSR count). The quantitative estimate of drug-likeness (QED) is 0.360. The van der Waals surface area contributed by atoms with Crippen LogP contribution >= 0.6 is 15.9 Å². The number of benzene rings is 2. The van der Waals surface area contributed by atoms with Gasteiger partial charge in [0.2, 0.25) is 0 Å². The van der Waals surface area contributed by atoms with Gasteiger partial charge in [0, 0.05) is 23.1 Å². The van der Waals surface area contributed by atoms with E-state index >= 15 is 0 Å². The van der Waals surface area contributed by atoms with Crippen LogP contribution < -0.4 is 4.74 Å². The van der Waals surface area contributed by atoms with Gasteiger partial charge >= 0.3 is 0 Å².